The number of aryl methyl sites for hydroxylation is 3. The SMILES string of the molecule is C#Cc1ccc(-c2c3nc(c(-c4ccc(OCCCCCC)cc4)c4ccc([n-]4)c(-c4ccc(C=O)cc4)c4nc(c(-c5c(C)cc(C)cc5C)c5ccc2[n-]5)C=C4)C=C3)cc1.[Zn+2]. The van der Waals surface area contributed by atoms with E-state index >= 15 is 0 Å². The van der Waals surface area contributed by atoms with Gasteiger partial charge in [-0.05, 0) is 131 Å². The Balaban J connectivity index is 0.00000544. The summed E-state index contributed by atoms with van der Waals surface area (Å²) in [6, 6.07) is 36.6. The summed E-state index contributed by atoms with van der Waals surface area (Å²) >= 11 is 0. The summed E-state index contributed by atoms with van der Waals surface area (Å²) in [6.07, 6.45) is 19.5. The van der Waals surface area contributed by atoms with Gasteiger partial charge >= 0.3 is 19.5 Å². The van der Waals surface area contributed by atoms with E-state index in [-0.39, 0.29) is 19.5 Å². The fraction of sp³-hybridized carbons (Fsp3) is 0.161. The van der Waals surface area contributed by atoms with E-state index in [0.29, 0.717) is 12.2 Å². The molecule has 7 aromatic rings. The molecule has 0 saturated carbocycles. The summed E-state index contributed by atoms with van der Waals surface area (Å²) in [5, 5.41) is 0. The van der Waals surface area contributed by atoms with Gasteiger partial charge in [-0.1, -0.05) is 123 Å². The zero-order valence-electron chi connectivity index (χ0n) is 36.2. The van der Waals surface area contributed by atoms with Crippen LogP contribution in [0.1, 0.15) is 88.0 Å². The molecule has 63 heavy (non-hydrogen) atoms. The van der Waals surface area contributed by atoms with Crippen LogP contribution in [0.4, 0.5) is 0 Å². The van der Waals surface area contributed by atoms with Crippen LogP contribution < -0.4 is 14.7 Å². The molecule has 0 fully saturated rings. The second-order valence-electron chi connectivity index (χ2n) is 16.0. The number of aromatic nitrogens is 4. The van der Waals surface area contributed by atoms with E-state index in [9.17, 15) is 4.79 Å². The molecule has 9 rings (SSSR count). The molecule has 0 radical (unpaired) electrons. The van der Waals surface area contributed by atoms with Crippen LogP contribution in [-0.4, -0.2) is 22.9 Å². The third-order valence-electron chi connectivity index (χ3n) is 11.6. The fourth-order valence-electron chi connectivity index (χ4n) is 8.70. The first-order valence-corrected chi connectivity index (χ1v) is 21.3. The van der Waals surface area contributed by atoms with Gasteiger partial charge in [0.15, 0.2) is 0 Å². The smallest absolute Gasteiger partial charge is 0.657 e. The normalized spacial score (nSPS) is 11.6. The number of terminal acetylenes is 1. The van der Waals surface area contributed by atoms with Crippen molar-refractivity contribution in [2.45, 2.75) is 53.4 Å². The molecule has 304 valence electrons. The molecule has 0 spiro atoms. The Bertz CT molecular complexity index is 3100. The van der Waals surface area contributed by atoms with E-state index in [0.717, 1.165) is 131 Å². The topological polar surface area (TPSA) is 80.3 Å². The van der Waals surface area contributed by atoms with Gasteiger partial charge in [-0.3, -0.25) is 4.79 Å². The van der Waals surface area contributed by atoms with E-state index in [2.05, 4.69) is 106 Å². The first kappa shape index (κ1) is 42.8. The first-order valence-electron chi connectivity index (χ1n) is 21.3. The minimum absolute atomic E-state index is 0. The van der Waals surface area contributed by atoms with Crippen molar-refractivity contribution in [3.63, 3.8) is 0 Å². The Morgan fingerprint density at radius 3 is 1.48 bits per heavy atom. The van der Waals surface area contributed by atoms with Crippen LogP contribution >= 0.6 is 0 Å². The molecular weight excluding hydrogens is 826 g/mol. The molecule has 5 heterocycles. The Hall–Kier alpha value is -6.87. The summed E-state index contributed by atoms with van der Waals surface area (Å²) in [6.45, 7) is 9.33. The number of ether oxygens (including phenoxy) is 1. The molecule has 0 unspecified atom stereocenters. The van der Waals surface area contributed by atoms with Crippen molar-refractivity contribution in [1.29, 1.82) is 0 Å². The number of carbonyl (C=O) groups excluding carboxylic acids is 1. The summed E-state index contributed by atoms with van der Waals surface area (Å²) < 4.78 is 6.15. The molecule has 2 aliphatic rings. The summed E-state index contributed by atoms with van der Waals surface area (Å²) in [5.74, 6) is 3.59. The van der Waals surface area contributed by atoms with Crippen LogP contribution in [0.15, 0.2) is 109 Å². The van der Waals surface area contributed by atoms with Crippen molar-refractivity contribution in [3.8, 4) is 62.6 Å². The van der Waals surface area contributed by atoms with Gasteiger partial charge in [-0.2, -0.15) is 0 Å². The molecule has 0 amide bonds. The van der Waals surface area contributed by atoms with Crippen molar-refractivity contribution < 1.29 is 29.0 Å². The second kappa shape index (κ2) is 18.6. The fourth-order valence-corrected chi connectivity index (χ4v) is 8.70. The Kier molecular flexibility index (Phi) is 12.7. The number of fused-ring (bicyclic) bond motifs is 8. The molecule has 0 aliphatic carbocycles. The van der Waals surface area contributed by atoms with Crippen molar-refractivity contribution in [3.05, 3.63) is 160 Å². The predicted octanol–water partition coefficient (Wildman–Crippen LogP) is 13.3. The maximum absolute atomic E-state index is 11.8. The number of unbranched alkanes of at least 4 members (excludes halogenated alkanes) is 3. The van der Waals surface area contributed by atoms with E-state index in [1.165, 1.54) is 18.4 Å². The number of carbonyl (C=O) groups is 1. The Morgan fingerprint density at radius 1 is 0.571 bits per heavy atom. The number of hydrogen-bond acceptors (Lipinski definition) is 4. The van der Waals surface area contributed by atoms with Crippen LogP contribution in [0.2, 0.25) is 0 Å². The minimum Gasteiger partial charge on any atom is -0.657 e. The average Bonchev–Trinajstić information content (AvgIpc) is 4.13. The number of rotatable bonds is 11. The van der Waals surface area contributed by atoms with Crippen molar-refractivity contribution in [2.75, 3.05) is 6.61 Å². The van der Waals surface area contributed by atoms with Gasteiger partial charge in [0.1, 0.15) is 12.0 Å². The van der Waals surface area contributed by atoms with Crippen molar-refractivity contribution >= 4 is 52.7 Å². The van der Waals surface area contributed by atoms with E-state index in [4.69, 9.17) is 31.1 Å². The molecule has 6 nitrogen and oxygen atoms in total. The van der Waals surface area contributed by atoms with Crippen LogP contribution in [0, 0.1) is 33.1 Å². The van der Waals surface area contributed by atoms with Gasteiger partial charge in [0.2, 0.25) is 0 Å². The zero-order chi connectivity index (χ0) is 42.7. The second-order valence-corrected chi connectivity index (χ2v) is 16.0. The zero-order valence-corrected chi connectivity index (χ0v) is 39.2. The van der Waals surface area contributed by atoms with Crippen LogP contribution in [0.25, 0.3) is 90.9 Å². The molecule has 8 bridgehead atoms. The largest absolute Gasteiger partial charge is 2.00 e. The molecule has 0 N–H and O–H groups in total. The standard InChI is InChI=1S/C56H47N4O2.Zn/c1-6-8-9-10-31-62-43-21-19-42(20-22-43)55-46-25-23-44(57-46)53(40-15-11-38(7-2)12-16-40)48-27-29-50(59-48)56(52-36(4)32-35(3)33-37(52)5)51-30-28-49(60-51)54(45-24-26-47(55)58-45)41-17-13-39(34-61)14-18-41;/h2,11-30,32-34H,6,8-10,31H2,1,3-5H3,(H-,57,58,59,60,61);/q-1;+2/p-1. The van der Waals surface area contributed by atoms with Crippen molar-refractivity contribution in [1.82, 2.24) is 19.9 Å². The van der Waals surface area contributed by atoms with Gasteiger partial charge < -0.3 is 14.7 Å². The van der Waals surface area contributed by atoms with Crippen LogP contribution in [-0.2, 0) is 19.5 Å². The van der Waals surface area contributed by atoms with E-state index in [1.807, 2.05) is 60.7 Å². The first-order chi connectivity index (χ1) is 30.3. The van der Waals surface area contributed by atoms with Gasteiger partial charge in [-0.25, -0.2) is 9.97 Å². The quantitative estimate of drug-likeness (QED) is 0.0557. The van der Waals surface area contributed by atoms with Crippen LogP contribution in [0.5, 0.6) is 5.75 Å². The van der Waals surface area contributed by atoms with E-state index < -0.39 is 0 Å². The third-order valence-corrected chi connectivity index (χ3v) is 11.6. The average molecular weight is 872 g/mol. The minimum atomic E-state index is 0. The summed E-state index contributed by atoms with van der Waals surface area (Å²) in [7, 11) is 0. The summed E-state index contributed by atoms with van der Waals surface area (Å²) in [4.78, 5) is 33.4. The van der Waals surface area contributed by atoms with Crippen molar-refractivity contribution in [2.24, 2.45) is 0 Å². The van der Waals surface area contributed by atoms with E-state index in [1.54, 1.807) is 0 Å². The van der Waals surface area contributed by atoms with Gasteiger partial charge in [0.05, 0.1) is 29.4 Å². The van der Waals surface area contributed by atoms with Gasteiger partial charge in [-0.15, -0.1) is 28.5 Å². The maximum atomic E-state index is 11.8. The summed E-state index contributed by atoms with van der Waals surface area (Å²) in [5.41, 5.74) is 18.6. The number of aldehydes is 1. The molecule has 0 atom stereocenters. The number of nitrogens with zero attached hydrogens (tertiary/aromatic N) is 4. The maximum Gasteiger partial charge on any atom is 2.00 e. The molecule has 4 aromatic carbocycles. The van der Waals surface area contributed by atoms with Crippen LogP contribution in [0.3, 0.4) is 0 Å². The number of hydrogen-bond donors (Lipinski definition) is 0. The molecule has 2 aliphatic heterocycles. The van der Waals surface area contributed by atoms with Gasteiger partial charge in [0.25, 0.3) is 0 Å². The molecule has 0 saturated heterocycles. The Labute approximate surface area is 382 Å². The molecule has 7 heteroatoms. The monoisotopic (exact) mass is 870 g/mol. The third kappa shape index (κ3) is 8.65. The number of benzene rings is 4. The predicted molar refractivity (Wildman–Crippen MR) is 256 cm³/mol. The Morgan fingerprint density at radius 2 is 1.02 bits per heavy atom. The molecule has 3 aromatic heterocycles. The molecular formula is C56H46N4O2Zn. The van der Waals surface area contributed by atoms with Gasteiger partial charge in [0, 0.05) is 11.1 Å².